The summed E-state index contributed by atoms with van der Waals surface area (Å²) in [5.74, 6) is 0. The minimum atomic E-state index is -2.00. The van der Waals surface area contributed by atoms with Crippen molar-refractivity contribution in [1.29, 1.82) is 0 Å². The van der Waals surface area contributed by atoms with Crippen LogP contribution in [0.2, 0.25) is 0 Å². The van der Waals surface area contributed by atoms with E-state index in [9.17, 15) is 5.21 Å². The first-order valence-corrected chi connectivity index (χ1v) is 0.914. The molecule has 0 bridgehead atoms. The monoisotopic (exact) mass is 87.0 g/mol. The van der Waals surface area contributed by atoms with Gasteiger partial charge in [-0.15, -0.1) is 5.21 Å². The fourth-order valence-corrected chi connectivity index (χ4v) is 0.0285. The molecule has 0 spiro atoms. The Balaban J connectivity index is 0. The van der Waals surface area contributed by atoms with Gasteiger partial charge in [0.1, 0.15) is 9.98 Å². The van der Waals surface area contributed by atoms with Gasteiger partial charge in [-0.05, 0) is 0 Å². The van der Waals surface area contributed by atoms with Crippen molar-refractivity contribution in [2.24, 2.45) is 0 Å². The van der Waals surface area contributed by atoms with Gasteiger partial charge in [-0.3, -0.25) is 0 Å². The van der Waals surface area contributed by atoms with Crippen molar-refractivity contribution in [3.8, 4) is 0 Å². The maximum Gasteiger partial charge on any atom is 1.00 e. The number of nitrogens with zero attached hydrogens (tertiary/aromatic N) is 1. The zero-order valence-corrected chi connectivity index (χ0v) is 3.12. The van der Waals surface area contributed by atoms with E-state index in [0.29, 0.717) is 0 Å². The average molecular weight is 87.0 g/mol. The van der Waals surface area contributed by atoms with E-state index < -0.39 is 5.14 Å². The Hall–Kier alpha value is 0.397. The maximum atomic E-state index is 9.26. The molecule has 0 aromatic heterocycles. The summed E-state index contributed by atoms with van der Waals surface area (Å²) >= 11 is 0. The predicted octanol–water partition coefficient (Wildman–Crippen LogP) is -3.40. The molecule has 0 saturated carbocycles. The molecule has 1 rings (SSSR count). The van der Waals surface area contributed by atoms with Crippen molar-refractivity contribution in [3.63, 3.8) is 0 Å². The van der Waals surface area contributed by atoms with E-state index in [1.54, 1.807) is 0 Å². The van der Waals surface area contributed by atoms with Gasteiger partial charge < -0.3 is 6.63 Å². The van der Waals surface area contributed by atoms with E-state index in [1.165, 1.54) is 0 Å². The molecule has 0 radical (unpaired) electrons. The van der Waals surface area contributed by atoms with Gasteiger partial charge in [0, 0.05) is 0 Å². The summed E-state index contributed by atoms with van der Waals surface area (Å²) in [5.41, 5.74) is 0. The van der Waals surface area contributed by atoms with Crippen LogP contribution in [-0.4, -0.2) is 10.3 Å². The van der Waals surface area contributed by atoms with Crippen LogP contribution < -0.4 is 18.9 Å². The summed E-state index contributed by atoms with van der Waals surface area (Å²) in [6.07, 6.45) is 0. The second kappa shape index (κ2) is 1.48. The summed E-state index contributed by atoms with van der Waals surface area (Å²) in [7, 11) is 0. The van der Waals surface area contributed by atoms with E-state index in [2.05, 4.69) is 9.98 Å². The van der Waals surface area contributed by atoms with Crippen molar-refractivity contribution in [2.75, 3.05) is 0 Å². The molecule has 1 saturated heterocycles. The molecule has 0 aromatic rings. The Morgan fingerprint density at radius 2 is 1.83 bits per heavy atom. The first-order chi connectivity index (χ1) is 2.21. The minimum Gasteiger partial charge on any atom is -1.00 e. The van der Waals surface area contributed by atoms with Crippen LogP contribution in [0.25, 0.3) is 0 Å². The van der Waals surface area contributed by atoms with Crippen LogP contribution in [-0.2, 0) is 9.98 Å². The quantitative estimate of drug-likeness (QED) is 0.110. The summed E-state index contributed by atoms with van der Waals surface area (Å²) in [6, 6.07) is 0. The van der Waals surface area contributed by atoms with Gasteiger partial charge in [0.05, 0.1) is 0 Å². The largest absolute Gasteiger partial charge is 1.00 e. The van der Waals surface area contributed by atoms with E-state index in [1.807, 2.05) is 0 Å². The van der Waals surface area contributed by atoms with Crippen molar-refractivity contribution in [3.05, 3.63) is 5.21 Å². The molecule has 0 atom stereocenters. The van der Waals surface area contributed by atoms with Crippen LogP contribution in [0, 0.1) is 5.21 Å². The third-order valence-electron chi connectivity index (χ3n) is 0.202. The van der Waals surface area contributed by atoms with Gasteiger partial charge in [0.2, 0.25) is 0 Å². The first kappa shape index (κ1) is 6.40. The van der Waals surface area contributed by atoms with Gasteiger partial charge in [-0.2, -0.15) is 0 Å². The standard InChI is InChI=1S/Li.HNO4.H/c;2-1(3)4-5-1;/h;2H;/q+1;;-1. The molecule has 5 nitrogen and oxygen atoms in total. The van der Waals surface area contributed by atoms with Crippen molar-refractivity contribution >= 4 is 0 Å². The minimum absolute atomic E-state index is 0. The Morgan fingerprint density at radius 3 is 1.83 bits per heavy atom. The van der Waals surface area contributed by atoms with E-state index in [0.717, 1.165) is 0 Å². The third kappa shape index (κ3) is 1.74. The second-order valence-corrected chi connectivity index (χ2v) is 0.618. The fraction of sp³-hybridized carbons (Fsp3) is 0. The molecule has 1 aliphatic heterocycles. The molecule has 1 heterocycles. The van der Waals surface area contributed by atoms with Crippen LogP contribution in [0.15, 0.2) is 0 Å². The molecule has 0 amide bonds. The molecule has 0 aromatic carbocycles. The van der Waals surface area contributed by atoms with Crippen LogP contribution >= 0.6 is 0 Å². The van der Waals surface area contributed by atoms with Crippen LogP contribution in [0.4, 0.5) is 0 Å². The molecular formula is H2LiNO4. The Bertz CT molecular complexity index is 49.7. The predicted molar refractivity (Wildman–Crippen MR) is 8.70 cm³/mol. The zero-order chi connectivity index (χ0) is 3.91. The molecule has 1 N–H and O–H groups in total. The topological polar surface area (TPSA) is 68.3 Å². The molecule has 1 fully saturated rings. The summed E-state index contributed by atoms with van der Waals surface area (Å²) < 4.78 is 0. The van der Waals surface area contributed by atoms with E-state index in [-0.39, 0.29) is 20.3 Å². The molecule has 6 heavy (non-hydrogen) atoms. The van der Waals surface area contributed by atoms with Crippen LogP contribution in [0.1, 0.15) is 1.43 Å². The molecule has 0 unspecified atom stereocenters. The number of rotatable bonds is 0. The summed E-state index contributed by atoms with van der Waals surface area (Å²) in [4.78, 5) is 6.67. The van der Waals surface area contributed by atoms with Crippen molar-refractivity contribution < 1.29 is 40.6 Å². The van der Waals surface area contributed by atoms with Gasteiger partial charge >= 0.3 is 18.9 Å². The molecular weight excluding hydrogens is 84.9 g/mol. The number of hydrogen-bond acceptors (Lipinski definition) is 4. The average Bonchev–Trinajstić information content (AvgIpc) is 1.76. The Kier molecular flexibility index (Phi) is 1.58. The SMILES string of the molecule is [H-].[Li+].[O-][N+]1(O)OO1. The zero-order valence-electron chi connectivity index (χ0n) is 4.12. The van der Waals surface area contributed by atoms with E-state index >= 15 is 0 Å². The smallest absolute Gasteiger partial charge is 1.00 e. The van der Waals surface area contributed by atoms with Gasteiger partial charge in [-0.25, -0.2) is 0 Å². The Morgan fingerprint density at radius 1 is 1.67 bits per heavy atom. The van der Waals surface area contributed by atoms with Gasteiger partial charge in [-0.1, -0.05) is 0 Å². The molecule has 0 aliphatic carbocycles. The molecule has 1 aliphatic rings. The van der Waals surface area contributed by atoms with Gasteiger partial charge in [0.25, 0.3) is 0 Å². The number of hydrogen-bond donors (Lipinski definition) is 1. The van der Waals surface area contributed by atoms with E-state index in [4.69, 9.17) is 5.21 Å². The molecule has 6 heteroatoms. The first-order valence-electron chi connectivity index (χ1n) is 0.914. The third-order valence-corrected chi connectivity index (χ3v) is 0.202. The summed E-state index contributed by atoms with van der Waals surface area (Å²) in [5, 5.41) is 14.8. The summed E-state index contributed by atoms with van der Waals surface area (Å²) in [6.45, 7) is 0. The normalized spacial score (nSPS) is 25.0. The fourth-order valence-electron chi connectivity index (χ4n) is 0.0285. The van der Waals surface area contributed by atoms with Crippen LogP contribution in [0.5, 0.6) is 0 Å². The van der Waals surface area contributed by atoms with Gasteiger partial charge in [0.15, 0.2) is 5.14 Å². The maximum absolute atomic E-state index is 9.26. The Labute approximate surface area is 46.7 Å². The molecule has 32 valence electrons. The van der Waals surface area contributed by atoms with Crippen molar-refractivity contribution in [1.82, 2.24) is 0 Å². The second-order valence-electron chi connectivity index (χ2n) is 0.618. The van der Waals surface area contributed by atoms with Crippen molar-refractivity contribution in [2.45, 2.75) is 0 Å². The number of quaternary nitrogens is 1. The van der Waals surface area contributed by atoms with Crippen LogP contribution in [0.3, 0.4) is 0 Å².